The van der Waals surface area contributed by atoms with E-state index in [4.69, 9.17) is 5.26 Å². The molecule has 0 atom stereocenters. The molecule has 3 nitrogen and oxygen atoms in total. The smallest absolute Gasteiger partial charge is 0.335 e. The summed E-state index contributed by atoms with van der Waals surface area (Å²) in [6, 6.07) is 6.65. The molecule has 2 rings (SSSR count). The highest BCUT2D eigenvalue weighted by molar-refractivity contribution is 5.96. The van der Waals surface area contributed by atoms with Crippen LogP contribution in [-0.2, 0) is 6.18 Å². The zero-order valence-electron chi connectivity index (χ0n) is 10.7. The summed E-state index contributed by atoms with van der Waals surface area (Å²) in [6.07, 6.45) is -2.87. The maximum Gasteiger partial charge on any atom is 0.417 e. The Morgan fingerprint density at radius 1 is 1.35 bits per heavy atom. The summed E-state index contributed by atoms with van der Waals surface area (Å²) in [7, 11) is 0. The van der Waals surface area contributed by atoms with E-state index in [1.54, 1.807) is 0 Å². The Kier molecular flexibility index (Phi) is 3.98. The molecule has 0 saturated heterocycles. The highest BCUT2D eigenvalue weighted by atomic mass is 19.4. The Bertz CT molecular complexity index is 544. The zero-order valence-corrected chi connectivity index (χ0v) is 10.7. The van der Waals surface area contributed by atoms with E-state index in [0.717, 1.165) is 18.9 Å². The highest BCUT2D eigenvalue weighted by Crippen LogP contribution is 2.34. The molecule has 0 N–H and O–H groups in total. The first-order valence-corrected chi connectivity index (χ1v) is 6.29. The molecule has 0 radical (unpaired) electrons. The van der Waals surface area contributed by atoms with Gasteiger partial charge in [-0.3, -0.25) is 4.79 Å². The Morgan fingerprint density at radius 3 is 2.55 bits per heavy atom. The van der Waals surface area contributed by atoms with Crippen molar-refractivity contribution < 1.29 is 18.0 Å². The van der Waals surface area contributed by atoms with Gasteiger partial charge in [-0.1, -0.05) is 12.1 Å². The van der Waals surface area contributed by atoms with Crippen LogP contribution < -0.4 is 0 Å². The number of hydrogen-bond donors (Lipinski definition) is 0. The van der Waals surface area contributed by atoms with Crippen LogP contribution in [0.2, 0.25) is 0 Å². The van der Waals surface area contributed by atoms with E-state index in [2.05, 4.69) is 0 Å². The van der Waals surface area contributed by atoms with Gasteiger partial charge in [0.1, 0.15) is 0 Å². The maximum atomic E-state index is 12.9. The monoisotopic (exact) mass is 282 g/mol. The van der Waals surface area contributed by atoms with E-state index in [1.165, 1.54) is 23.1 Å². The van der Waals surface area contributed by atoms with Gasteiger partial charge in [-0.15, -0.1) is 0 Å². The maximum absolute atomic E-state index is 12.9. The van der Waals surface area contributed by atoms with Crippen molar-refractivity contribution >= 4 is 5.91 Å². The molecule has 6 heteroatoms. The molecule has 0 heterocycles. The van der Waals surface area contributed by atoms with Gasteiger partial charge in [0, 0.05) is 12.6 Å². The second-order valence-corrected chi connectivity index (χ2v) is 4.68. The first-order valence-electron chi connectivity index (χ1n) is 6.29. The first-order chi connectivity index (χ1) is 9.45. The number of alkyl halides is 3. The van der Waals surface area contributed by atoms with E-state index in [1.807, 2.05) is 6.07 Å². The van der Waals surface area contributed by atoms with Crippen molar-refractivity contribution in [2.75, 3.05) is 6.54 Å². The van der Waals surface area contributed by atoms with Gasteiger partial charge in [0.15, 0.2) is 0 Å². The molecule has 1 fully saturated rings. The van der Waals surface area contributed by atoms with Crippen molar-refractivity contribution in [3.63, 3.8) is 0 Å². The Balaban J connectivity index is 2.30. The van der Waals surface area contributed by atoms with Crippen molar-refractivity contribution in [2.45, 2.75) is 31.5 Å². The van der Waals surface area contributed by atoms with Crippen LogP contribution in [0.3, 0.4) is 0 Å². The molecule has 0 bridgehead atoms. The number of benzene rings is 1. The topological polar surface area (TPSA) is 44.1 Å². The molecule has 0 unspecified atom stereocenters. The normalized spacial score (nSPS) is 14.7. The second-order valence-electron chi connectivity index (χ2n) is 4.68. The van der Waals surface area contributed by atoms with Crippen molar-refractivity contribution in [2.24, 2.45) is 0 Å². The lowest BCUT2D eigenvalue weighted by Gasteiger charge is -2.23. The fourth-order valence-corrected chi connectivity index (χ4v) is 2.08. The number of amides is 1. The van der Waals surface area contributed by atoms with Gasteiger partial charge in [0.25, 0.3) is 5.91 Å². The van der Waals surface area contributed by atoms with Crippen molar-refractivity contribution in [1.82, 2.24) is 4.90 Å². The Labute approximate surface area is 114 Å². The van der Waals surface area contributed by atoms with Crippen LogP contribution in [0, 0.1) is 11.3 Å². The molecule has 1 aromatic rings. The average Bonchev–Trinajstić information content (AvgIpc) is 3.22. The van der Waals surface area contributed by atoms with Gasteiger partial charge in [0.2, 0.25) is 0 Å². The summed E-state index contributed by atoms with van der Waals surface area (Å²) in [5, 5.41) is 8.59. The number of nitriles is 1. The van der Waals surface area contributed by atoms with Gasteiger partial charge in [-0.2, -0.15) is 18.4 Å². The summed E-state index contributed by atoms with van der Waals surface area (Å²) in [6.45, 7) is 0.173. The van der Waals surface area contributed by atoms with Crippen LogP contribution in [0.15, 0.2) is 24.3 Å². The summed E-state index contributed by atoms with van der Waals surface area (Å²) in [4.78, 5) is 13.7. The van der Waals surface area contributed by atoms with Crippen molar-refractivity contribution in [3.8, 4) is 6.07 Å². The van der Waals surface area contributed by atoms with E-state index in [9.17, 15) is 18.0 Å². The molecule has 0 aromatic heterocycles. The quantitative estimate of drug-likeness (QED) is 0.851. The summed E-state index contributed by atoms with van der Waals surface area (Å²) in [5.74, 6) is -0.643. The van der Waals surface area contributed by atoms with Gasteiger partial charge in [-0.25, -0.2) is 0 Å². The number of halogens is 3. The predicted octanol–water partition coefficient (Wildman–Crippen LogP) is 3.22. The first kappa shape index (κ1) is 14.4. The molecule has 0 aliphatic heterocycles. The molecular formula is C14H13F3N2O. The minimum absolute atomic E-state index is 0.0304. The minimum atomic E-state index is -4.56. The van der Waals surface area contributed by atoms with Crippen LogP contribution in [0.5, 0.6) is 0 Å². The lowest BCUT2D eigenvalue weighted by atomic mass is 10.1. The third-order valence-electron chi connectivity index (χ3n) is 3.18. The van der Waals surface area contributed by atoms with Crippen LogP contribution in [0.1, 0.15) is 35.2 Å². The predicted molar refractivity (Wildman–Crippen MR) is 65.7 cm³/mol. The lowest BCUT2D eigenvalue weighted by Crippen LogP contribution is -2.35. The lowest BCUT2D eigenvalue weighted by molar-refractivity contribution is -0.138. The largest absolute Gasteiger partial charge is 0.417 e. The highest BCUT2D eigenvalue weighted by Gasteiger charge is 2.38. The molecule has 106 valence electrons. The molecule has 20 heavy (non-hydrogen) atoms. The van der Waals surface area contributed by atoms with Crippen LogP contribution in [0.4, 0.5) is 13.2 Å². The molecule has 1 amide bonds. The third-order valence-corrected chi connectivity index (χ3v) is 3.18. The SMILES string of the molecule is N#CCCN(C(=O)c1ccccc1C(F)(F)F)C1CC1. The third kappa shape index (κ3) is 3.10. The van der Waals surface area contributed by atoms with Gasteiger partial charge >= 0.3 is 6.18 Å². The summed E-state index contributed by atoms with van der Waals surface area (Å²) in [5.41, 5.74) is -1.27. The number of carbonyl (C=O) groups excluding carboxylic acids is 1. The molecule has 0 spiro atoms. The number of rotatable bonds is 4. The molecule has 1 saturated carbocycles. The van der Waals surface area contributed by atoms with E-state index < -0.39 is 17.6 Å². The van der Waals surface area contributed by atoms with Crippen LogP contribution in [0.25, 0.3) is 0 Å². The zero-order chi connectivity index (χ0) is 14.8. The fourth-order valence-electron chi connectivity index (χ4n) is 2.08. The van der Waals surface area contributed by atoms with Gasteiger partial charge < -0.3 is 4.90 Å². The number of nitrogens with zero attached hydrogens (tertiary/aromatic N) is 2. The van der Waals surface area contributed by atoms with Crippen molar-refractivity contribution in [3.05, 3.63) is 35.4 Å². The number of carbonyl (C=O) groups is 1. The molecule has 1 aliphatic rings. The summed E-state index contributed by atoms with van der Waals surface area (Å²) >= 11 is 0. The average molecular weight is 282 g/mol. The van der Waals surface area contributed by atoms with Gasteiger partial charge in [-0.05, 0) is 25.0 Å². The molecule has 1 aliphatic carbocycles. The van der Waals surface area contributed by atoms with Crippen LogP contribution in [-0.4, -0.2) is 23.4 Å². The van der Waals surface area contributed by atoms with Crippen molar-refractivity contribution in [1.29, 1.82) is 5.26 Å². The Morgan fingerprint density at radius 2 is 2.00 bits per heavy atom. The molecular weight excluding hydrogens is 269 g/mol. The van der Waals surface area contributed by atoms with Gasteiger partial charge in [0.05, 0.1) is 23.6 Å². The van der Waals surface area contributed by atoms with E-state index in [-0.39, 0.29) is 24.6 Å². The van der Waals surface area contributed by atoms with E-state index >= 15 is 0 Å². The standard InChI is InChI=1S/C14H13F3N2O/c15-14(16,17)12-5-2-1-4-11(12)13(20)19(9-3-8-18)10-6-7-10/h1-2,4-5,10H,3,6-7,9H2. The molecule has 1 aromatic carbocycles. The minimum Gasteiger partial charge on any atom is -0.335 e. The second kappa shape index (κ2) is 5.53. The fraction of sp³-hybridized carbons (Fsp3) is 0.429. The van der Waals surface area contributed by atoms with Crippen LogP contribution >= 0.6 is 0 Å². The Hall–Kier alpha value is -2.03. The number of hydrogen-bond acceptors (Lipinski definition) is 2. The summed E-state index contributed by atoms with van der Waals surface area (Å²) < 4.78 is 38.8. The van der Waals surface area contributed by atoms with E-state index in [0.29, 0.717) is 0 Å².